The summed E-state index contributed by atoms with van der Waals surface area (Å²) in [6, 6.07) is 16.6. The molecular weight excluding hydrogens is 646 g/mol. The van der Waals surface area contributed by atoms with Crippen LogP contribution in [0.1, 0.15) is 106 Å². The third-order valence-corrected chi connectivity index (χ3v) is 12.9. The van der Waals surface area contributed by atoms with E-state index in [9.17, 15) is 9.90 Å². The maximum absolute atomic E-state index is 13.0. The van der Waals surface area contributed by atoms with Crippen LogP contribution in [0.15, 0.2) is 54.7 Å². The number of carboxylic acids is 1. The molecule has 2 fully saturated rings. The zero-order valence-corrected chi connectivity index (χ0v) is 30.8. The van der Waals surface area contributed by atoms with E-state index in [2.05, 4.69) is 54.3 Å². The van der Waals surface area contributed by atoms with Gasteiger partial charge in [-0.25, -0.2) is 4.79 Å². The van der Waals surface area contributed by atoms with Gasteiger partial charge in [0.05, 0.1) is 6.61 Å². The first kappa shape index (κ1) is 35.1. The van der Waals surface area contributed by atoms with Crippen LogP contribution in [0.3, 0.4) is 0 Å². The Balaban J connectivity index is 1.12. The van der Waals surface area contributed by atoms with Crippen LogP contribution in [0, 0.1) is 11.8 Å². The van der Waals surface area contributed by atoms with Crippen molar-refractivity contribution in [3.8, 4) is 11.5 Å². The summed E-state index contributed by atoms with van der Waals surface area (Å²) in [4.78, 5) is 20.1. The fourth-order valence-electron chi connectivity index (χ4n) is 9.71. The number of nitrogens with one attached hydrogen (secondary N) is 1. The van der Waals surface area contributed by atoms with Crippen molar-refractivity contribution in [1.82, 2.24) is 9.88 Å². The Bertz CT molecular complexity index is 1670. The van der Waals surface area contributed by atoms with Crippen molar-refractivity contribution in [3.05, 3.63) is 82.1 Å². The number of carboxylic acid groups (broad SMARTS) is 1. The highest BCUT2D eigenvalue weighted by molar-refractivity contribution is 6.30. The van der Waals surface area contributed by atoms with Crippen molar-refractivity contribution in [1.29, 1.82) is 0 Å². The largest absolute Gasteiger partial charge is 0.493 e. The molecule has 1 saturated carbocycles. The quantitative estimate of drug-likeness (QED) is 0.207. The number of halogens is 1. The average Bonchev–Trinajstić information content (AvgIpc) is 3.39. The smallest absolute Gasteiger partial charge is 0.329 e. The monoisotopic (exact) mass is 699 g/mol. The molecule has 7 rings (SSSR count). The van der Waals surface area contributed by atoms with Crippen LogP contribution in [0.5, 0.6) is 11.5 Å². The Morgan fingerprint density at radius 1 is 1.08 bits per heavy atom. The highest BCUT2D eigenvalue weighted by atomic mass is 35.5. The van der Waals surface area contributed by atoms with E-state index in [0.717, 1.165) is 55.8 Å². The number of carbonyl (C=O) groups is 1. The molecule has 1 spiro atoms. The van der Waals surface area contributed by atoms with Crippen molar-refractivity contribution in [2.24, 2.45) is 11.8 Å². The summed E-state index contributed by atoms with van der Waals surface area (Å²) in [7, 11) is 2.21. The molecule has 1 unspecified atom stereocenters. The van der Waals surface area contributed by atoms with E-state index in [1.165, 1.54) is 54.5 Å². The zero-order chi connectivity index (χ0) is 34.9. The average molecular weight is 700 g/mol. The molecule has 1 saturated heterocycles. The van der Waals surface area contributed by atoms with Crippen molar-refractivity contribution >= 4 is 23.3 Å². The van der Waals surface area contributed by atoms with Crippen LogP contribution >= 0.6 is 11.6 Å². The fourth-order valence-corrected chi connectivity index (χ4v) is 9.90. The second-order valence-corrected chi connectivity index (χ2v) is 16.4. The number of likely N-dealkylation sites (N-methyl/N-ethyl adjacent to an activating group) is 1. The van der Waals surface area contributed by atoms with E-state index in [1.54, 1.807) is 0 Å². The molecule has 2 heterocycles. The molecule has 1 aliphatic heterocycles. The highest BCUT2D eigenvalue weighted by Crippen LogP contribution is 2.57. The van der Waals surface area contributed by atoms with E-state index in [4.69, 9.17) is 21.1 Å². The number of aryl methyl sites for hydroxylation is 1. The Kier molecular flexibility index (Phi) is 10.4. The van der Waals surface area contributed by atoms with Crippen molar-refractivity contribution in [3.63, 3.8) is 0 Å². The van der Waals surface area contributed by atoms with Gasteiger partial charge in [-0.05, 0) is 155 Å². The second-order valence-electron chi connectivity index (χ2n) is 16.0. The summed E-state index contributed by atoms with van der Waals surface area (Å²) in [6.45, 7) is 7.09. The van der Waals surface area contributed by atoms with Crippen molar-refractivity contribution in [2.45, 2.75) is 114 Å². The zero-order valence-electron chi connectivity index (χ0n) is 30.1. The molecule has 0 radical (unpaired) electrons. The highest BCUT2D eigenvalue weighted by Gasteiger charge is 2.54. The molecule has 2 N–H and O–H groups in total. The number of hydrogen-bond donors (Lipinski definition) is 2. The van der Waals surface area contributed by atoms with E-state index >= 15 is 0 Å². The number of fused-ring (bicyclic) bond motifs is 3. The molecule has 0 bridgehead atoms. The van der Waals surface area contributed by atoms with Gasteiger partial charge in [0.15, 0.2) is 0 Å². The molecule has 3 aliphatic carbocycles. The van der Waals surface area contributed by atoms with Gasteiger partial charge in [0, 0.05) is 34.2 Å². The number of hydrogen-bond acceptors (Lipinski definition) is 6. The Morgan fingerprint density at radius 2 is 1.92 bits per heavy atom. The van der Waals surface area contributed by atoms with Gasteiger partial charge < -0.3 is 24.8 Å². The first-order chi connectivity index (χ1) is 24.2. The molecule has 7 nitrogen and oxygen atoms in total. The minimum Gasteiger partial charge on any atom is -0.493 e. The first-order valence-electron chi connectivity index (χ1n) is 19.0. The van der Waals surface area contributed by atoms with Crippen LogP contribution in [-0.4, -0.2) is 59.3 Å². The number of anilines is 1. The molecule has 8 heteroatoms. The normalized spacial score (nSPS) is 28.4. The van der Waals surface area contributed by atoms with Crippen LogP contribution in [0.25, 0.3) is 0 Å². The summed E-state index contributed by atoms with van der Waals surface area (Å²) in [5.41, 5.74) is 4.83. The molecule has 50 heavy (non-hydrogen) atoms. The summed E-state index contributed by atoms with van der Waals surface area (Å²) in [5.74, 6) is 2.33. The van der Waals surface area contributed by atoms with Gasteiger partial charge in [-0.3, -0.25) is 4.98 Å². The number of aliphatic carboxylic acids is 1. The van der Waals surface area contributed by atoms with Gasteiger partial charge in [-0.1, -0.05) is 44.0 Å². The lowest BCUT2D eigenvalue weighted by Crippen LogP contribution is -2.53. The van der Waals surface area contributed by atoms with Gasteiger partial charge >= 0.3 is 5.97 Å². The van der Waals surface area contributed by atoms with E-state index in [-0.39, 0.29) is 5.41 Å². The lowest BCUT2D eigenvalue weighted by molar-refractivity contribution is -0.144. The Labute approximate surface area is 303 Å². The molecule has 4 aliphatic rings. The molecule has 0 amide bonds. The standard InChI is InChI=1S/C42H54ClN3O4/c1-28(26-50-38-15-20-44-37-12-6-8-29(2)39(37)38)22-31-23-30-13-14-35(49-27-34-11-4-5-21-46(34)3)25-36(30)41(31)16-18-42(19-17-41,40(47)48)45-33-10-7-9-32(43)24-33/h7,9-10,13-15,20,24-25,28-29,31,34,45H,4-6,8,11-12,16-19,21-23,26-27H2,1-3H3,(H,47,48)/t28-,29-,31?,34-,41?,42?/m1/s1. The molecule has 2 aromatic carbocycles. The number of benzene rings is 2. The third kappa shape index (κ3) is 7.10. The Hall–Kier alpha value is -3.29. The second kappa shape index (κ2) is 14.7. The first-order valence-corrected chi connectivity index (χ1v) is 19.4. The van der Waals surface area contributed by atoms with Crippen molar-refractivity contribution < 1.29 is 19.4 Å². The summed E-state index contributed by atoms with van der Waals surface area (Å²) in [6.07, 6.45) is 13.7. The minimum absolute atomic E-state index is 0.121. The van der Waals surface area contributed by atoms with Gasteiger partial charge in [0.25, 0.3) is 0 Å². The van der Waals surface area contributed by atoms with Crippen LogP contribution in [-0.2, 0) is 23.1 Å². The van der Waals surface area contributed by atoms with Crippen LogP contribution in [0.4, 0.5) is 5.69 Å². The maximum Gasteiger partial charge on any atom is 0.329 e. The predicted octanol–water partition coefficient (Wildman–Crippen LogP) is 9.06. The van der Waals surface area contributed by atoms with Gasteiger partial charge in [-0.2, -0.15) is 0 Å². The molecule has 1 aromatic heterocycles. The number of aromatic nitrogens is 1. The predicted molar refractivity (Wildman–Crippen MR) is 200 cm³/mol. The maximum atomic E-state index is 13.0. The van der Waals surface area contributed by atoms with Gasteiger partial charge in [-0.15, -0.1) is 0 Å². The molecule has 268 valence electrons. The van der Waals surface area contributed by atoms with E-state index in [1.807, 2.05) is 36.5 Å². The number of rotatable bonds is 11. The fraction of sp³-hybridized carbons (Fsp3) is 0.571. The molecule has 4 atom stereocenters. The lowest BCUT2D eigenvalue weighted by Gasteiger charge is -2.47. The van der Waals surface area contributed by atoms with Gasteiger partial charge in [0.1, 0.15) is 23.6 Å². The van der Waals surface area contributed by atoms with E-state index < -0.39 is 11.5 Å². The summed E-state index contributed by atoms with van der Waals surface area (Å²) >= 11 is 6.30. The summed E-state index contributed by atoms with van der Waals surface area (Å²) < 4.78 is 13.1. The van der Waals surface area contributed by atoms with Crippen LogP contribution in [0.2, 0.25) is 5.02 Å². The topological polar surface area (TPSA) is 83.9 Å². The van der Waals surface area contributed by atoms with Crippen molar-refractivity contribution in [2.75, 3.05) is 32.1 Å². The molecular formula is C42H54ClN3O4. The number of pyridine rings is 1. The van der Waals surface area contributed by atoms with Crippen LogP contribution < -0.4 is 14.8 Å². The Morgan fingerprint density at radius 3 is 2.70 bits per heavy atom. The number of likely N-dealkylation sites (tertiary alicyclic amines) is 1. The van der Waals surface area contributed by atoms with E-state index in [0.29, 0.717) is 54.9 Å². The number of piperidine rings is 1. The SMILES string of the molecule is C[C@@H](COc1ccnc2c1[C@H](C)CCC2)CC1Cc2ccc(OC[C@H]3CCCCN3C)cc2C12CCC(Nc1cccc(Cl)c1)(C(=O)O)CC2. The lowest BCUT2D eigenvalue weighted by atomic mass is 9.59. The minimum atomic E-state index is -1.05. The third-order valence-electron chi connectivity index (χ3n) is 12.6. The van der Waals surface area contributed by atoms with Gasteiger partial charge in [0.2, 0.25) is 0 Å². The summed E-state index contributed by atoms with van der Waals surface area (Å²) in [5, 5.41) is 14.7. The number of ether oxygens (including phenoxy) is 2. The number of nitrogens with zero attached hydrogens (tertiary/aromatic N) is 2. The molecule has 3 aromatic rings.